The zero-order valence-electron chi connectivity index (χ0n) is 26.5. The summed E-state index contributed by atoms with van der Waals surface area (Å²) in [6.07, 6.45) is 5.59. The first-order chi connectivity index (χ1) is 21.5. The second kappa shape index (κ2) is 12.7. The number of carbonyl (C=O) groups excluding carboxylic acids is 1. The number of benzene rings is 1. The molecule has 1 aromatic carbocycles. The van der Waals surface area contributed by atoms with Crippen molar-refractivity contribution in [1.82, 2.24) is 29.0 Å². The third-order valence-electron chi connectivity index (χ3n) is 10.6. The van der Waals surface area contributed by atoms with Gasteiger partial charge in [0.2, 0.25) is 10.0 Å². The molecule has 3 aliphatic heterocycles. The number of aryl methyl sites for hydroxylation is 2. The molecular weight excluding hydrogens is 593 g/mol. The van der Waals surface area contributed by atoms with Gasteiger partial charge in [0.15, 0.2) is 0 Å². The monoisotopic (exact) mass is 637 g/mol. The van der Waals surface area contributed by atoms with Crippen LogP contribution in [0.25, 0.3) is 0 Å². The Kier molecular flexibility index (Phi) is 9.00. The zero-order valence-corrected chi connectivity index (χ0v) is 27.3. The van der Waals surface area contributed by atoms with Crippen LogP contribution in [0.5, 0.6) is 0 Å². The maximum absolute atomic E-state index is 14.5. The summed E-state index contributed by atoms with van der Waals surface area (Å²) < 4.78 is 42.0. The number of piperidine rings is 2. The minimum atomic E-state index is -3.21. The van der Waals surface area contributed by atoms with Crippen LogP contribution < -0.4 is 0 Å². The van der Waals surface area contributed by atoms with E-state index in [-0.39, 0.29) is 35.0 Å². The number of amides is 1. The molecule has 2 aromatic rings. The number of sulfonamides is 1. The third kappa shape index (κ3) is 6.24. The number of piperazine rings is 1. The van der Waals surface area contributed by atoms with E-state index in [1.807, 2.05) is 24.8 Å². The standard InChI is InChI=1S/C33H44FN7O3S/c1-23-20-39(33(21-35)11-15-38(16-12-33)32(42)30-24(2)36-22-37-25(30)3)17-18-41(23)31(27-5-4-6-28(34)19-27)26-9-13-40(14-10-26)45(43,44)29-7-8-29/h4-6,19,22-23,26,29,31H,7-18,20H2,1-3H3/t23-,31+/m0/s1. The maximum atomic E-state index is 14.5. The fourth-order valence-electron chi connectivity index (χ4n) is 7.86. The molecule has 0 bridgehead atoms. The normalized spacial score (nSPS) is 24.7. The van der Waals surface area contributed by atoms with Gasteiger partial charge in [-0.25, -0.2) is 27.1 Å². The molecule has 1 aliphatic carbocycles. The summed E-state index contributed by atoms with van der Waals surface area (Å²) >= 11 is 0. The first kappa shape index (κ1) is 32.0. The summed E-state index contributed by atoms with van der Waals surface area (Å²) in [5, 5.41) is 10.3. The lowest BCUT2D eigenvalue weighted by atomic mass is 9.82. The van der Waals surface area contributed by atoms with Crippen LogP contribution in [0.2, 0.25) is 0 Å². The maximum Gasteiger partial charge on any atom is 0.257 e. The number of halogens is 1. The van der Waals surface area contributed by atoms with Crippen LogP contribution in [0, 0.1) is 36.9 Å². The second-order valence-electron chi connectivity index (χ2n) is 13.4. The summed E-state index contributed by atoms with van der Waals surface area (Å²) in [6, 6.07) is 9.54. The molecule has 1 aromatic heterocycles. The lowest BCUT2D eigenvalue weighted by Crippen LogP contribution is -2.63. The molecule has 1 amide bonds. The van der Waals surface area contributed by atoms with Crippen molar-refractivity contribution in [3.8, 4) is 6.07 Å². The Morgan fingerprint density at radius 2 is 1.69 bits per heavy atom. The molecule has 0 spiro atoms. The van der Waals surface area contributed by atoms with Crippen molar-refractivity contribution in [1.29, 1.82) is 5.26 Å². The Balaban J connectivity index is 1.15. The molecule has 3 saturated heterocycles. The Morgan fingerprint density at radius 3 is 2.27 bits per heavy atom. The van der Waals surface area contributed by atoms with Crippen molar-refractivity contribution in [2.75, 3.05) is 45.8 Å². The summed E-state index contributed by atoms with van der Waals surface area (Å²) in [6.45, 7) is 9.90. The van der Waals surface area contributed by atoms with E-state index in [1.54, 1.807) is 16.4 Å². The third-order valence-corrected chi connectivity index (χ3v) is 13.0. The van der Waals surface area contributed by atoms with Gasteiger partial charge in [-0.05, 0) is 82.9 Å². The molecule has 45 heavy (non-hydrogen) atoms. The lowest BCUT2D eigenvalue weighted by molar-refractivity contribution is -0.0295. The molecule has 0 radical (unpaired) electrons. The zero-order chi connectivity index (χ0) is 31.9. The van der Waals surface area contributed by atoms with Crippen molar-refractivity contribution in [3.05, 3.63) is 58.9 Å². The van der Waals surface area contributed by atoms with Crippen molar-refractivity contribution in [2.45, 2.75) is 82.2 Å². The smallest absolute Gasteiger partial charge is 0.257 e. The first-order valence-corrected chi connectivity index (χ1v) is 17.8. The van der Waals surface area contributed by atoms with Gasteiger partial charge < -0.3 is 4.90 Å². The van der Waals surface area contributed by atoms with Crippen LogP contribution in [0.15, 0.2) is 30.6 Å². The number of carbonyl (C=O) groups is 1. The van der Waals surface area contributed by atoms with E-state index in [0.29, 0.717) is 69.1 Å². The van der Waals surface area contributed by atoms with Crippen molar-refractivity contribution >= 4 is 15.9 Å². The Hall–Kier alpha value is -2.98. The summed E-state index contributed by atoms with van der Waals surface area (Å²) in [4.78, 5) is 28.4. The Labute approximate surface area is 266 Å². The van der Waals surface area contributed by atoms with E-state index in [9.17, 15) is 22.9 Å². The van der Waals surface area contributed by atoms with Gasteiger partial charge in [-0.1, -0.05) is 12.1 Å². The number of rotatable bonds is 7. The largest absolute Gasteiger partial charge is 0.338 e. The SMILES string of the molecule is Cc1ncnc(C)c1C(=O)N1CCC(C#N)(N2CCN([C@@H](c3cccc(F)c3)C3CCN(S(=O)(=O)C4CC4)CC3)[C@@H](C)C2)CC1. The Morgan fingerprint density at radius 1 is 1.02 bits per heavy atom. The fourth-order valence-corrected chi connectivity index (χ4v) is 9.73. The molecule has 0 N–H and O–H groups in total. The molecule has 10 nitrogen and oxygen atoms in total. The molecule has 4 aliphatic rings. The summed E-state index contributed by atoms with van der Waals surface area (Å²) in [7, 11) is -3.21. The van der Waals surface area contributed by atoms with Gasteiger partial charge in [-0.2, -0.15) is 5.26 Å². The van der Waals surface area contributed by atoms with Crippen molar-refractivity contribution in [3.63, 3.8) is 0 Å². The van der Waals surface area contributed by atoms with E-state index in [4.69, 9.17) is 0 Å². The van der Waals surface area contributed by atoms with Gasteiger partial charge in [-0.3, -0.25) is 14.6 Å². The highest BCUT2D eigenvalue weighted by atomic mass is 32.2. The van der Waals surface area contributed by atoms with Crippen LogP contribution >= 0.6 is 0 Å². The summed E-state index contributed by atoms with van der Waals surface area (Å²) in [5.74, 6) is -0.154. The second-order valence-corrected chi connectivity index (χ2v) is 15.6. The van der Waals surface area contributed by atoms with Crippen molar-refractivity contribution in [2.24, 2.45) is 5.92 Å². The lowest BCUT2D eigenvalue weighted by Gasteiger charge is -2.52. The van der Waals surface area contributed by atoms with Gasteiger partial charge in [0.05, 0.1) is 28.3 Å². The van der Waals surface area contributed by atoms with E-state index < -0.39 is 15.6 Å². The van der Waals surface area contributed by atoms with Crippen molar-refractivity contribution < 1.29 is 17.6 Å². The molecule has 12 heteroatoms. The van der Waals surface area contributed by atoms with Crippen LogP contribution in [0.4, 0.5) is 4.39 Å². The average Bonchev–Trinajstić information content (AvgIpc) is 3.89. The molecule has 4 heterocycles. The molecule has 4 fully saturated rings. The molecule has 242 valence electrons. The number of hydrogen-bond acceptors (Lipinski definition) is 8. The summed E-state index contributed by atoms with van der Waals surface area (Å²) in [5.41, 5.74) is 2.14. The molecule has 0 unspecified atom stereocenters. The highest BCUT2D eigenvalue weighted by Gasteiger charge is 2.47. The minimum Gasteiger partial charge on any atom is -0.338 e. The first-order valence-electron chi connectivity index (χ1n) is 16.3. The van der Waals surface area contributed by atoms with Crippen LogP contribution in [-0.4, -0.2) is 106 Å². The molecule has 1 saturated carbocycles. The van der Waals surface area contributed by atoms with E-state index in [2.05, 4.69) is 32.8 Å². The highest BCUT2D eigenvalue weighted by molar-refractivity contribution is 7.90. The molecular formula is C33H44FN7O3S. The quantitative estimate of drug-likeness (QED) is 0.452. The van der Waals surface area contributed by atoms with Gasteiger partial charge in [0.1, 0.15) is 17.7 Å². The van der Waals surface area contributed by atoms with Gasteiger partial charge in [-0.15, -0.1) is 0 Å². The number of aromatic nitrogens is 2. The molecule has 6 rings (SSSR count). The average molecular weight is 638 g/mol. The minimum absolute atomic E-state index is 0.0410. The predicted octanol–water partition coefficient (Wildman–Crippen LogP) is 3.68. The topological polar surface area (TPSA) is 114 Å². The van der Waals surface area contributed by atoms with Gasteiger partial charge in [0.25, 0.3) is 5.91 Å². The number of nitriles is 1. The number of nitrogens with zero attached hydrogens (tertiary/aromatic N) is 7. The van der Waals surface area contributed by atoms with Gasteiger partial charge in [0, 0.05) is 57.9 Å². The van der Waals surface area contributed by atoms with Crippen LogP contribution in [0.3, 0.4) is 0 Å². The van der Waals surface area contributed by atoms with E-state index in [1.165, 1.54) is 12.4 Å². The number of likely N-dealkylation sites (tertiary alicyclic amines) is 1. The Bertz CT molecular complexity index is 1540. The highest BCUT2D eigenvalue weighted by Crippen LogP contribution is 2.41. The molecule has 2 atom stereocenters. The van der Waals surface area contributed by atoms with Gasteiger partial charge >= 0.3 is 0 Å². The van der Waals surface area contributed by atoms with E-state index in [0.717, 1.165) is 37.8 Å². The van der Waals surface area contributed by atoms with Crippen LogP contribution in [0.1, 0.15) is 78.8 Å². The predicted molar refractivity (Wildman–Crippen MR) is 168 cm³/mol. The number of hydrogen-bond donors (Lipinski definition) is 0. The van der Waals surface area contributed by atoms with E-state index >= 15 is 0 Å². The fraction of sp³-hybridized carbons (Fsp3) is 0.636. The van der Waals surface area contributed by atoms with Crippen LogP contribution in [-0.2, 0) is 10.0 Å².